The number of rotatable bonds is 5. The molecule has 0 saturated carbocycles. The van der Waals surface area contributed by atoms with Gasteiger partial charge < -0.3 is 24.6 Å². The molecule has 0 aromatic heterocycles. The highest BCUT2D eigenvalue weighted by molar-refractivity contribution is 5.84. The summed E-state index contributed by atoms with van der Waals surface area (Å²) >= 11 is 0. The van der Waals surface area contributed by atoms with Crippen molar-refractivity contribution in [2.75, 3.05) is 38.3 Å². The van der Waals surface area contributed by atoms with E-state index in [2.05, 4.69) is 29.6 Å². The van der Waals surface area contributed by atoms with Crippen LogP contribution in [0.1, 0.15) is 12.5 Å². The largest absolute Gasteiger partial charge is 0.454 e. The smallest absolute Gasteiger partial charge is 0.245 e. The van der Waals surface area contributed by atoms with Gasteiger partial charge in [-0.2, -0.15) is 0 Å². The first-order valence-electron chi connectivity index (χ1n) is 9.51. The second kappa shape index (κ2) is 7.88. The van der Waals surface area contributed by atoms with Crippen LogP contribution in [0.25, 0.3) is 0 Å². The Hall–Kier alpha value is -2.73. The molecular weight excluding hydrogens is 342 g/mol. The predicted octanol–water partition coefficient (Wildman–Crippen LogP) is 1.14. The number of carbonyl (C=O) groups excluding carboxylic acids is 1. The fourth-order valence-electron chi connectivity index (χ4n) is 3.68. The summed E-state index contributed by atoms with van der Waals surface area (Å²) in [7, 11) is 0. The maximum Gasteiger partial charge on any atom is 0.245 e. The van der Waals surface area contributed by atoms with Gasteiger partial charge in [0.2, 0.25) is 12.7 Å². The van der Waals surface area contributed by atoms with E-state index >= 15 is 0 Å². The summed E-state index contributed by atoms with van der Waals surface area (Å²) in [5.41, 5.74) is 2.22. The average molecular weight is 368 g/mol. The molecule has 1 amide bonds. The number of amides is 1. The minimum Gasteiger partial charge on any atom is -0.454 e. The van der Waals surface area contributed by atoms with Crippen LogP contribution >= 0.6 is 0 Å². The van der Waals surface area contributed by atoms with Crippen LogP contribution in [0, 0.1) is 0 Å². The molecule has 6 nitrogen and oxygen atoms in total. The first-order valence-corrected chi connectivity index (χ1v) is 9.51. The molecule has 0 spiro atoms. The number of piperazine rings is 1. The molecule has 0 aliphatic carbocycles. The first-order chi connectivity index (χ1) is 13.2. The number of nitrogens with zero attached hydrogens (tertiary/aromatic N) is 1. The Bertz CT molecular complexity index is 789. The number of nitrogens with one attached hydrogen (secondary N) is 2. The highest BCUT2D eigenvalue weighted by Gasteiger charge is 2.27. The van der Waals surface area contributed by atoms with Crippen LogP contribution in [0.5, 0.6) is 11.5 Å². The van der Waals surface area contributed by atoms with Gasteiger partial charge in [-0.3, -0.25) is 4.79 Å². The van der Waals surface area contributed by atoms with Crippen molar-refractivity contribution in [1.29, 1.82) is 0 Å². The molecule has 0 bridgehead atoms. The van der Waals surface area contributed by atoms with Crippen LogP contribution in [-0.2, 0) is 11.3 Å². The van der Waals surface area contributed by atoms with Gasteiger partial charge in [-0.05, 0) is 19.1 Å². The van der Waals surface area contributed by atoms with E-state index in [4.69, 9.17) is 9.47 Å². The van der Waals surface area contributed by atoms with E-state index in [1.54, 1.807) is 0 Å². The monoisotopic (exact) mass is 368 g/mol. The lowest BCUT2D eigenvalue weighted by atomic mass is 10.2. The second-order valence-electron chi connectivity index (χ2n) is 7.17. The van der Waals surface area contributed by atoms with Crippen LogP contribution in [-0.4, -0.2) is 49.8 Å². The Kier molecular flexibility index (Phi) is 5.16. The number of hydrogen-bond donors (Lipinski definition) is 2. The molecule has 2 heterocycles. The lowest BCUT2D eigenvalue weighted by molar-refractivity contribution is -0.917. The number of quaternary nitrogens is 1. The van der Waals surface area contributed by atoms with Crippen LogP contribution in [0.15, 0.2) is 48.5 Å². The number of hydrogen-bond acceptors (Lipinski definition) is 4. The van der Waals surface area contributed by atoms with Gasteiger partial charge in [0.1, 0.15) is 12.6 Å². The summed E-state index contributed by atoms with van der Waals surface area (Å²) in [4.78, 5) is 16.3. The minimum atomic E-state index is -0.277. The maximum absolute atomic E-state index is 12.8. The van der Waals surface area contributed by atoms with Gasteiger partial charge >= 0.3 is 0 Å². The highest BCUT2D eigenvalue weighted by Crippen LogP contribution is 2.34. The zero-order chi connectivity index (χ0) is 18.6. The SMILES string of the molecule is C[C@@H](Nc1ccc2c(c1)OCO2)C(=O)N1CC[NH+](Cc2ccccc2)CC1. The van der Waals surface area contributed by atoms with Crippen LogP contribution in [0.2, 0.25) is 0 Å². The molecule has 2 aliphatic heterocycles. The minimum absolute atomic E-state index is 0.145. The molecule has 6 heteroatoms. The highest BCUT2D eigenvalue weighted by atomic mass is 16.7. The van der Waals surface area contributed by atoms with E-state index in [9.17, 15) is 4.79 Å². The number of ether oxygens (including phenoxy) is 2. The number of carbonyl (C=O) groups is 1. The van der Waals surface area contributed by atoms with E-state index in [1.807, 2.05) is 36.1 Å². The third-order valence-electron chi connectivity index (χ3n) is 5.21. The molecule has 2 aromatic rings. The maximum atomic E-state index is 12.8. The molecule has 4 rings (SSSR count). The van der Waals surface area contributed by atoms with E-state index in [1.165, 1.54) is 10.5 Å². The standard InChI is InChI=1S/C21H25N3O3/c1-16(22-18-7-8-19-20(13-18)27-15-26-19)21(25)24-11-9-23(10-12-24)14-17-5-3-2-4-6-17/h2-8,13,16,22H,9-12,14-15H2,1H3/p+1/t16-/m1/s1. The third kappa shape index (κ3) is 4.17. The van der Waals surface area contributed by atoms with Gasteiger partial charge in [0.25, 0.3) is 0 Å². The fraction of sp³-hybridized carbons (Fsp3) is 0.381. The molecule has 0 unspecified atom stereocenters. The predicted molar refractivity (Wildman–Crippen MR) is 103 cm³/mol. The summed E-state index contributed by atoms with van der Waals surface area (Å²) in [5.74, 6) is 1.61. The normalized spacial score (nSPS) is 17.6. The first kappa shape index (κ1) is 17.7. The zero-order valence-electron chi connectivity index (χ0n) is 15.6. The van der Waals surface area contributed by atoms with Gasteiger partial charge in [0, 0.05) is 17.3 Å². The number of benzene rings is 2. The van der Waals surface area contributed by atoms with Gasteiger partial charge in [-0.15, -0.1) is 0 Å². The fourth-order valence-corrected chi connectivity index (χ4v) is 3.68. The van der Waals surface area contributed by atoms with Gasteiger partial charge in [0.05, 0.1) is 26.2 Å². The third-order valence-corrected chi connectivity index (χ3v) is 5.21. The Morgan fingerprint density at radius 1 is 1.11 bits per heavy atom. The van der Waals surface area contributed by atoms with Crippen LogP contribution in [0.4, 0.5) is 5.69 Å². The molecule has 1 fully saturated rings. The topological polar surface area (TPSA) is 55.2 Å². The van der Waals surface area contributed by atoms with E-state index < -0.39 is 0 Å². The second-order valence-corrected chi connectivity index (χ2v) is 7.17. The van der Waals surface area contributed by atoms with Crippen molar-refractivity contribution in [3.05, 3.63) is 54.1 Å². The van der Waals surface area contributed by atoms with E-state index in [0.29, 0.717) is 0 Å². The molecule has 142 valence electrons. The summed E-state index contributed by atoms with van der Waals surface area (Å²) in [5, 5.41) is 3.29. The molecule has 2 N–H and O–H groups in total. The molecule has 0 radical (unpaired) electrons. The lowest BCUT2D eigenvalue weighted by Crippen LogP contribution is -3.13. The Labute approximate surface area is 159 Å². The summed E-state index contributed by atoms with van der Waals surface area (Å²) in [6, 6.07) is 15.9. The Balaban J connectivity index is 1.28. The molecular formula is C21H26N3O3+. The van der Waals surface area contributed by atoms with Gasteiger partial charge in [0.15, 0.2) is 11.5 Å². The van der Waals surface area contributed by atoms with Crippen molar-refractivity contribution in [3.8, 4) is 11.5 Å². The summed E-state index contributed by atoms with van der Waals surface area (Å²) in [6.07, 6.45) is 0. The number of anilines is 1. The summed E-state index contributed by atoms with van der Waals surface area (Å²) in [6.45, 7) is 6.75. The molecule has 2 aromatic carbocycles. The number of fused-ring (bicyclic) bond motifs is 1. The van der Waals surface area contributed by atoms with Crippen LogP contribution < -0.4 is 19.7 Å². The van der Waals surface area contributed by atoms with E-state index in [-0.39, 0.29) is 18.7 Å². The van der Waals surface area contributed by atoms with Crippen molar-refractivity contribution in [3.63, 3.8) is 0 Å². The molecule has 1 atom stereocenters. The Morgan fingerprint density at radius 2 is 1.85 bits per heavy atom. The zero-order valence-corrected chi connectivity index (χ0v) is 15.6. The van der Waals surface area contributed by atoms with Crippen molar-refractivity contribution in [1.82, 2.24) is 4.90 Å². The Morgan fingerprint density at radius 3 is 2.63 bits per heavy atom. The van der Waals surface area contributed by atoms with E-state index in [0.717, 1.165) is 49.9 Å². The van der Waals surface area contributed by atoms with Crippen molar-refractivity contribution >= 4 is 11.6 Å². The van der Waals surface area contributed by atoms with Crippen molar-refractivity contribution < 1.29 is 19.2 Å². The summed E-state index contributed by atoms with van der Waals surface area (Å²) < 4.78 is 10.7. The van der Waals surface area contributed by atoms with Crippen molar-refractivity contribution in [2.24, 2.45) is 0 Å². The van der Waals surface area contributed by atoms with Crippen LogP contribution in [0.3, 0.4) is 0 Å². The molecule has 2 aliphatic rings. The average Bonchev–Trinajstić information content (AvgIpc) is 3.16. The van der Waals surface area contributed by atoms with Gasteiger partial charge in [-0.25, -0.2) is 0 Å². The molecule has 27 heavy (non-hydrogen) atoms. The van der Waals surface area contributed by atoms with Crippen molar-refractivity contribution in [2.45, 2.75) is 19.5 Å². The quantitative estimate of drug-likeness (QED) is 0.831. The van der Waals surface area contributed by atoms with Gasteiger partial charge in [-0.1, -0.05) is 30.3 Å². The lowest BCUT2D eigenvalue weighted by Gasteiger charge is -2.34. The molecule has 1 saturated heterocycles.